The number of hydrogen-bond donors (Lipinski definition) is 1. The van der Waals surface area contributed by atoms with E-state index in [4.69, 9.17) is 5.73 Å². The van der Waals surface area contributed by atoms with Crippen LogP contribution in [0.2, 0.25) is 0 Å². The molecule has 0 aliphatic carbocycles. The topological polar surface area (TPSA) is 43.3 Å². The van der Waals surface area contributed by atoms with Crippen molar-refractivity contribution in [2.24, 2.45) is 5.92 Å². The fourth-order valence-electron chi connectivity index (χ4n) is 1.79. The number of anilines is 1. The molecule has 0 saturated heterocycles. The molecule has 0 aliphatic rings. The van der Waals surface area contributed by atoms with E-state index in [9.17, 15) is 0 Å². The maximum Gasteiger partial charge on any atom is 0.149 e. The van der Waals surface area contributed by atoms with Crippen LogP contribution in [0.25, 0.3) is 5.52 Å². The van der Waals surface area contributed by atoms with Crippen molar-refractivity contribution >= 4 is 11.3 Å². The summed E-state index contributed by atoms with van der Waals surface area (Å²) in [5.74, 6) is 2.28. The largest absolute Gasteiger partial charge is 0.382 e. The quantitative estimate of drug-likeness (QED) is 0.814. The Morgan fingerprint density at radius 3 is 2.80 bits per heavy atom. The van der Waals surface area contributed by atoms with Crippen molar-refractivity contribution in [2.75, 3.05) is 5.73 Å². The molecule has 0 saturated carbocycles. The summed E-state index contributed by atoms with van der Waals surface area (Å²) >= 11 is 0. The molecule has 80 valence electrons. The Bertz CT molecular complexity index is 483. The van der Waals surface area contributed by atoms with Crippen LogP contribution in [-0.4, -0.2) is 9.38 Å². The van der Waals surface area contributed by atoms with Gasteiger partial charge in [-0.2, -0.15) is 0 Å². The van der Waals surface area contributed by atoms with Crippen LogP contribution in [-0.2, 0) is 6.42 Å². The number of aromatic nitrogens is 2. The fourth-order valence-corrected chi connectivity index (χ4v) is 1.79. The van der Waals surface area contributed by atoms with Gasteiger partial charge in [0.15, 0.2) is 0 Å². The minimum absolute atomic E-state index is 0.593. The summed E-state index contributed by atoms with van der Waals surface area (Å²) in [7, 11) is 0. The molecule has 0 bridgehead atoms. The van der Waals surface area contributed by atoms with Crippen molar-refractivity contribution in [3.63, 3.8) is 0 Å². The summed E-state index contributed by atoms with van der Waals surface area (Å²) in [6.07, 6.45) is 3.05. The van der Waals surface area contributed by atoms with Crippen molar-refractivity contribution in [1.82, 2.24) is 9.38 Å². The highest BCUT2D eigenvalue weighted by molar-refractivity contribution is 5.66. The number of nitrogen functional groups attached to an aromatic ring is 1. The SMILES string of the molecule is Cc1ccc2c(N)nc(CC(C)C)n2c1. The van der Waals surface area contributed by atoms with Crippen molar-refractivity contribution < 1.29 is 0 Å². The van der Waals surface area contributed by atoms with Gasteiger partial charge in [0.05, 0.1) is 5.52 Å². The molecule has 15 heavy (non-hydrogen) atoms. The molecule has 2 aromatic rings. The lowest BCUT2D eigenvalue weighted by atomic mass is 10.1. The van der Waals surface area contributed by atoms with E-state index in [1.165, 1.54) is 5.56 Å². The number of hydrogen-bond acceptors (Lipinski definition) is 2. The molecule has 0 amide bonds. The van der Waals surface area contributed by atoms with Crippen molar-refractivity contribution in [2.45, 2.75) is 27.2 Å². The minimum Gasteiger partial charge on any atom is -0.382 e. The average molecular weight is 203 g/mol. The van der Waals surface area contributed by atoms with Gasteiger partial charge < -0.3 is 10.1 Å². The second-order valence-corrected chi connectivity index (χ2v) is 4.47. The zero-order valence-corrected chi connectivity index (χ0v) is 9.49. The van der Waals surface area contributed by atoms with Gasteiger partial charge >= 0.3 is 0 Å². The number of nitrogens with zero attached hydrogens (tertiary/aromatic N) is 2. The molecular weight excluding hydrogens is 186 g/mol. The average Bonchev–Trinajstić information content (AvgIpc) is 2.42. The normalized spacial score (nSPS) is 11.5. The Morgan fingerprint density at radius 2 is 2.13 bits per heavy atom. The first kappa shape index (κ1) is 10.0. The van der Waals surface area contributed by atoms with Gasteiger partial charge in [-0.05, 0) is 24.5 Å². The Labute approximate surface area is 89.9 Å². The molecule has 0 radical (unpaired) electrons. The molecule has 0 spiro atoms. The molecular formula is C12H17N3. The highest BCUT2D eigenvalue weighted by Crippen LogP contribution is 2.18. The van der Waals surface area contributed by atoms with E-state index in [1.807, 2.05) is 6.07 Å². The van der Waals surface area contributed by atoms with E-state index in [2.05, 4.69) is 42.4 Å². The second kappa shape index (κ2) is 3.57. The summed E-state index contributed by atoms with van der Waals surface area (Å²) in [4.78, 5) is 4.41. The number of nitrogens with two attached hydrogens (primary N) is 1. The lowest BCUT2D eigenvalue weighted by molar-refractivity contribution is 0.619. The zero-order valence-electron chi connectivity index (χ0n) is 9.49. The first-order valence-corrected chi connectivity index (χ1v) is 5.31. The molecule has 0 unspecified atom stereocenters. The first-order valence-electron chi connectivity index (χ1n) is 5.31. The number of rotatable bonds is 2. The summed E-state index contributed by atoms with van der Waals surface area (Å²) in [5, 5.41) is 0. The lowest BCUT2D eigenvalue weighted by Gasteiger charge is -2.04. The Kier molecular flexibility index (Phi) is 2.39. The summed E-state index contributed by atoms with van der Waals surface area (Å²) in [5.41, 5.74) is 8.11. The smallest absolute Gasteiger partial charge is 0.149 e. The van der Waals surface area contributed by atoms with Crippen LogP contribution in [0.3, 0.4) is 0 Å². The predicted octanol–water partition coefficient (Wildman–Crippen LogP) is 2.42. The molecule has 0 aromatic carbocycles. The van der Waals surface area contributed by atoms with Gasteiger partial charge in [-0.1, -0.05) is 19.9 Å². The van der Waals surface area contributed by atoms with E-state index in [0.29, 0.717) is 11.7 Å². The highest BCUT2D eigenvalue weighted by Gasteiger charge is 2.09. The van der Waals surface area contributed by atoms with Crippen LogP contribution >= 0.6 is 0 Å². The van der Waals surface area contributed by atoms with Crippen molar-refractivity contribution in [1.29, 1.82) is 0 Å². The van der Waals surface area contributed by atoms with Crippen molar-refractivity contribution in [3.8, 4) is 0 Å². The summed E-state index contributed by atoms with van der Waals surface area (Å²) in [6, 6.07) is 4.09. The van der Waals surface area contributed by atoms with Gasteiger partial charge in [0, 0.05) is 12.6 Å². The van der Waals surface area contributed by atoms with Gasteiger partial charge in [0.2, 0.25) is 0 Å². The first-order chi connectivity index (χ1) is 7.08. The number of pyridine rings is 1. The van der Waals surface area contributed by atoms with Crippen LogP contribution in [0.5, 0.6) is 0 Å². The molecule has 3 heteroatoms. The third kappa shape index (κ3) is 1.82. The molecule has 2 rings (SSSR count). The molecule has 2 aromatic heterocycles. The number of imidazole rings is 1. The van der Waals surface area contributed by atoms with E-state index in [0.717, 1.165) is 17.8 Å². The molecule has 3 nitrogen and oxygen atoms in total. The minimum atomic E-state index is 0.593. The standard InChI is InChI=1S/C12H17N3/c1-8(2)6-11-14-12(13)10-5-4-9(3)7-15(10)11/h4-5,7-8H,6,13H2,1-3H3. The molecule has 0 fully saturated rings. The van der Waals surface area contributed by atoms with Crippen LogP contribution in [0, 0.1) is 12.8 Å². The van der Waals surface area contributed by atoms with Crippen LogP contribution in [0.15, 0.2) is 18.3 Å². The Hall–Kier alpha value is -1.51. The highest BCUT2D eigenvalue weighted by atomic mass is 15.1. The maximum atomic E-state index is 5.87. The van der Waals surface area contributed by atoms with Crippen LogP contribution in [0.1, 0.15) is 25.2 Å². The summed E-state index contributed by atoms with van der Waals surface area (Å²) in [6.45, 7) is 6.45. The molecule has 0 aliphatic heterocycles. The van der Waals surface area contributed by atoms with Crippen LogP contribution < -0.4 is 5.73 Å². The van der Waals surface area contributed by atoms with Gasteiger partial charge in [0.1, 0.15) is 11.6 Å². The Balaban J connectivity index is 2.59. The number of fused-ring (bicyclic) bond motifs is 1. The molecule has 2 N–H and O–H groups in total. The van der Waals surface area contributed by atoms with E-state index >= 15 is 0 Å². The van der Waals surface area contributed by atoms with Gasteiger partial charge in [-0.3, -0.25) is 0 Å². The molecule has 0 atom stereocenters. The van der Waals surface area contributed by atoms with E-state index < -0.39 is 0 Å². The Morgan fingerprint density at radius 1 is 1.40 bits per heavy atom. The zero-order chi connectivity index (χ0) is 11.0. The van der Waals surface area contributed by atoms with Gasteiger partial charge in [-0.15, -0.1) is 0 Å². The number of aryl methyl sites for hydroxylation is 1. The van der Waals surface area contributed by atoms with Gasteiger partial charge in [0.25, 0.3) is 0 Å². The fraction of sp³-hybridized carbons (Fsp3) is 0.417. The molecule has 2 heterocycles. The van der Waals surface area contributed by atoms with E-state index in [-0.39, 0.29) is 0 Å². The third-order valence-electron chi connectivity index (χ3n) is 2.48. The van der Waals surface area contributed by atoms with Crippen LogP contribution in [0.4, 0.5) is 5.82 Å². The third-order valence-corrected chi connectivity index (χ3v) is 2.48. The predicted molar refractivity (Wildman–Crippen MR) is 62.9 cm³/mol. The maximum absolute atomic E-state index is 5.87. The lowest BCUT2D eigenvalue weighted by Crippen LogP contribution is -2.00. The van der Waals surface area contributed by atoms with E-state index in [1.54, 1.807) is 0 Å². The van der Waals surface area contributed by atoms with Crippen molar-refractivity contribution in [3.05, 3.63) is 29.7 Å². The van der Waals surface area contributed by atoms with Gasteiger partial charge in [-0.25, -0.2) is 4.98 Å². The summed E-state index contributed by atoms with van der Waals surface area (Å²) < 4.78 is 2.10. The second-order valence-electron chi connectivity index (χ2n) is 4.47. The monoisotopic (exact) mass is 203 g/mol.